The van der Waals surface area contributed by atoms with Gasteiger partial charge in [-0.15, -0.1) is 0 Å². The van der Waals surface area contributed by atoms with Gasteiger partial charge in [-0.2, -0.15) is 9.78 Å². The summed E-state index contributed by atoms with van der Waals surface area (Å²) in [5.41, 5.74) is 2.41. The molecule has 0 aliphatic carbocycles. The van der Waals surface area contributed by atoms with Crippen LogP contribution in [0.5, 0.6) is 0 Å². The third-order valence-corrected chi connectivity index (χ3v) is 4.72. The van der Waals surface area contributed by atoms with Crippen LogP contribution in [-0.2, 0) is 17.6 Å². The highest BCUT2D eigenvalue weighted by Crippen LogP contribution is 2.24. The number of hydrogen-bond donors (Lipinski definition) is 2. The number of carbonyl (C=O) groups excluding carboxylic acids is 1. The molecule has 0 unspecified atom stereocenters. The van der Waals surface area contributed by atoms with Gasteiger partial charge in [-0.25, -0.2) is 4.98 Å². The minimum absolute atomic E-state index is 0.208. The van der Waals surface area contributed by atoms with Crippen molar-refractivity contribution in [3.63, 3.8) is 0 Å². The van der Waals surface area contributed by atoms with Crippen molar-refractivity contribution < 1.29 is 9.21 Å². The zero-order valence-electron chi connectivity index (χ0n) is 16.7. The second-order valence-electron chi connectivity index (χ2n) is 6.82. The van der Waals surface area contributed by atoms with Crippen LogP contribution in [0.2, 0.25) is 0 Å². The van der Waals surface area contributed by atoms with Crippen LogP contribution in [-0.4, -0.2) is 25.7 Å². The molecule has 0 aliphatic heterocycles. The Bertz CT molecular complexity index is 1220. The van der Waals surface area contributed by atoms with Gasteiger partial charge < -0.3 is 9.73 Å². The molecule has 0 spiro atoms. The Kier molecular flexibility index (Phi) is 5.30. The largest absolute Gasteiger partial charge is 0.463 e. The lowest BCUT2D eigenvalue weighted by molar-refractivity contribution is -0.115. The van der Waals surface area contributed by atoms with Gasteiger partial charge in [0.2, 0.25) is 11.9 Å². The summed E-state index contributed by atoms with van der Waals surface area (Å²) in [5, 5.41) is 7.36. The molecule has 8 heteroatoms. The first-order valence-electron chi connectivity index (χ1n) is 9.63. The van der Waals surface area contributed by atoms with Crippen molar-refractivity contribution in [2.75, 3.05) is 5.32 Å². The van der Waals surface area contributed by atoms with Crippen molar-refractivity contribution in [2.24, 2.45) is 0 Å². The van der Waals surface area contributed by atoms with Crippen LogP contribution in [0, 0.1) is 6.92 Å². The van der Waals surface area contributed by atoms with E-state index in [1.165, 1.54) is 4.68 Å². The molecule has 3 heterocycles. The highest BCUT2D eigenvalue weighted by molar-refractivity contribution is 5.92. The molecular weight excluding hydrogens is 382 g/mol. The number of aromatic nitrogens is 4. The summed E-state index contributed by atoms with van der Waals surface area (Å²) >= 11 is 0. The Hall–Kier alpha value is -3.94. The first-order chi connectivity index (χ1) is 14.5. The van der Waals surface area contributed by atoms with Crippen LogP contribution in [0.1, 0.15) is 23.7 Å². The van der Waals surface area contributed by atoms with Crippen molar-refractivity contribution in [1.29, 1.82) is 0 Å². The maximum Gasteiger partial charge on any atom is 0.255 e. The van der Waals surface area contributed by atoms with E-state index in [1.54, 1.807) is 31.4 Å². The van der Waals surface area contributed by atoms with Gasteiger partial charge in [0.15, 0.2) is 5.76 Å². The molecule has 4 aromatic rings. The number of hydrogen-bond acceptors (Lipinski definition) is 5. The topological polar surface area (TPSA) is 106 Å². The van der Waals surface area contributed by atoms with Crippen molar-refractivity contribution >= 4 is 11.7 Å². The summed E-state index contributed by atoms with van der Waals surface area (Å²) < 4.78 is 6.84. The van der Waals surface area contributed by atoms with Crippen molar-refractivity contribution in [3.05, 3.63) is 82.0 Å². The third kappa shape index (κ3) is 3.93. The van der Waals surface area contributed by atoms with E-state index in [4.69, 9.17) is 4.42 Å². The minimum atomic E-state index is -0.225. The van der Waals surface area contributed by atoms with Crippen molar-refractivity contribution in [2.45, 2.75) is 26.7 Å². The summed E-state index contributed by atoms with van der Waals surface area (Å²) in [6, 6.07) is 14.6. The molecule has 30 heavy (non-hydrogen) atoms. The second kappa shape index (κ2) is 8.20. The number of aryl methyl sites for hydroxylation is 1. The number of amides is 1. The van der Waals surface area contributed by atoms with Crippen molar-refractivity contribution in [1.82, 2.24) is 19.7 Å². The molecule has 3 aromatic heterocycles. The van der Waals surface area contributed by atoms with Crippen LogP contribution >= 0.6 is 0 Å². The van der Waals surface area contributed by atoms with Crippen LogP contribution in [0.25, 0.3) is 17.4 Å². The molecule has 8 nitrogen and oxygen atoms in total. The molecule has 0 atom stereocenters. The number of carbonyl (C=O) groups is 1. The number of anilines is 1. The number of H-pyrrole nitrogens is 1. The first kappa shape index (κ1) is 19.4. The van der Waals surface area contributed by atoms with Gasteiger partial charge in [0.1, 0.15) is 11.5 Å². The number of benzene rings is 1. The van der Waals surface area contributed by atoms with Crippen LogP contribution < -0.4 is 10.9 Å². The zero-order valence-corrected chi connectivity index (χ0v) is 16.7. The third-order valence-electron chi connectivity index (χ3n) is 4.72. The zero-order chi connectivity index (χ0) is 21.1. The van der Waals surface area contributed by atoms with Gasteiger partial charge in [0.25, 0.3) is 5.56 Å². The van der Waals surface area contributed by atoms with E-state index in [0.29, 0.717) is 35.0 Å². The maximum absolute atomic E-state index is 12.6. The molecule has 4 rings (SSSR count). The van der Waals surface area contributed by atoms with Crippen molar-refractivity contribution in [3.8, 4) is 17.4 Å². The standard InChI is InChI=1S/C22H21N5O3/c1-3-16-14(2)23-22(25-21(16)29)27-19(13-17(26-27)18-10-7-11-30-18)24-20(28)12-15-8-5-4-6-9-15/h4-11,13H,3,12H2,1-2H3,(H,24,28)(H,23,25,29). The lowest BCUT2D eigenvalue weighted by atomic mass is 10.1. The predicted molar refractivity (Wildman–Crippen MR) is 113 cm³/mol. The molecule has 0 radical (unpaired) electrons. The Morgan fingerprint density at radius 2 is 2.00 bits per heavy atom. The van der Waals surface area contributed by atoms with Crippen LogP contribution in [0.4, 0.5) is 5.82 Å². The molecule has 0 saturated heterocycles. The average Bonchev–Trinajstić information content (AvgIpc) is 3.38. The van der Waals surface area contributed by atoms with E-state index in [0.717, 1.165) is 5.56 Å². The number of nitrogens with one attached hydrogen (secondary N) is 2. The molecular formula is C22H21N5O3. The Balaban J connectivity index is 1.72. The first-order valence-corrected chi connectivity index (χ1v) is 9.63. The normalized spacial score (nSPS) is 10.9. The molecule has 1 aromatic carbocycles. The molecule has 1 amide bonds. The Labute approximate surface area is 172 Å². The maximum atomic E-state index is 12.6. The highest BCUT2D eigenvalue weighted by Gasteiger charge is 2.18. The lowest BCUT2D eigenvalue weighted by Crippen LogP contribution is -2.22. The van der Waals surface area contributed by atoms with E-state index in [9.17, 15) is 9.59 Å². The fraction of sp³-hybridized carbons (Fsp3) is 0.182. The summed E-state index contributed by atoms with van der Waals surface area (Å²) in [4.78, 5) is 32.3. The van der Waals surface area contributed by atoms with E-state index in [2.05, 4.69) is 20.4 Å². The number of nitrogens with zero attached hydrogens (tertiary/aromatic N) is 3. The average molecular weight is 403 g/mol. The number of aromatic amines is 1. The summed E-state index contributed by atoms with van der Waals surface area (Å²) in [6.45, 7) is 3.68. The van der Waals surface area contributed by atoms with Gasteiger partial charge in [0, 0.05) is 17.3 Å². The molecule has 0 aliphatic rings. The van der Waals surface area contributed by atoms with Crippen LogP contribution in [0.3, 0.4) is 0 Å². The molecule has 2 N–H and O–H groups in total. The SMILES string of the molecule is CCc1c(C)nc(-n2nc(-c3ccco3)cc2NC(=O)Cc2ccccc2)[nH]c1=O. The summed E-state index contributed by atoms with van der Waals surface area (Å²) in [5.74, 6) is 0.936. The van der Waals surface area contributed by atoms with E-state index < -0.39 is 0 Å². The Morgan fingerprint density at radius 1 is 1.20 bits per heavy atom. The number of furan rings is 1. The monoisotopic (exact) mass is 403 g/mol. The van der Waals surface area contributed by atoms with E-state index in [-0.39, 0.29) is 23.8 Å². The smallest absolute Gasteiger partial charge is 0.255 e. The van der Waals surface area contributed by atoms with Crippen LogP contribution in [0.15, 0.2) is 64.0 Å². The predicted octanol–water partition coefficient (Wildman–Crippen LogP) is 3.27. The minimum Gasteiger partial charge on any atom is -0.463 e. The second-order valence-corrected chi connectivity index (χ2v) is 6.82. The quantitative estimate of drug-likeness (QED) is 0.514. The fourth-order valence-corrected chi connectivity index (χ4v) is 3.26. The van der Waals surface area contributed by atoms with Gasteiger partial charge in [-0.3, -0.25) is 14.6 Å². The van der Waals surface area contributed by atoms with E-state index >= 15 is 0 Å². The van der Waals surface area contributed by atoms with Gasteiger partial charge >= 0.3 is 0 Å². The lowest BCUT2D eigenvalue weighted by Gasteiger charge is -2.10. The number of rotatable bonds is 6. The Morgan fingerprint density at radius 3 is 2.67 bits per heavy atom. The van der Waals surface area contributed by atoms with Gasteiger partial charge in [-0.1, -0.05) is 37.3 Å². The van der Waals surface area contributed by atoms with Gasteiger partial charge in [-0.05, 0) is 31.0 Å². The molecule has 0 bridgehead atoms. The molecule has 0 fully saturated rings. The summed E-state index contributed by atoms with van der Waals surface area (Å²) in [7, 11) is 0. The summed E-state index contributed by atoms with van der Waals surface area (Å²) in [6.07, 6.45) is 2.33. The molecule has 0 saturated carbocycles. The van der Waals surface area contributed by atoms with E-state index in [1.807, 2.05) is 37.3 Å². The van der Waals surface area contributed by atoms with Gasteiger partial charge in [0.05, 0.1) is 12.7 Å². The fourth-order valence-electron chi connectivity index (χ4n) is 3.26. The highest BCUT2D eigenvalue weighted by atomic mass is 16.3. The molecule has 152 valence electrons.